The van der Waals surface area contributed by atoms with Crippen molar-refractivity contribution in [2.24, 2.45) is 0 Å². The number of alkyl halides is 2. The number of benzene rings is 1. The lowest BCUT2D eigenvalue weighted by Crippen LogP contribution is -2.56. The van der Waals surface area contributed by atoms with E-state index in [0.717, 1.165) is 5.56 Å². The van der Waals surface area contributed by atoms with Crippen LogP contribution in [0.3, 0.4) is 0 Å². The zero-order valence-corrected chi connectivity index (χ0v) is 13.0. The second-order valence-corrected chi connectivity index (χ2v) is 6.10. The van der Waals surface area contributed by atoms with Crippen LogP contribution in [0.1, 0.15) is 32.4 Å². The molecule has 3 unspecified atom stereocenters. The fourth-order valence-electron chi connectivity index (χ4n) is 3.47. The molecule has 0 amide bonds. The Hall–Kier alpha value is -1.40. The van der Waals surface area contributed by atoms with Crippen LogP contribution in [0.4, 0.5) is 8.78 Å². The number of halogens is 2. The highest BCUT2D eigenvalue weighted by Gasteiger charge is 2.42. The highest BCUT2D eigenvalue weighted by Crippen LogP contribution is 2.43. The first-order valence-corrected chi connectivity index (χ1v) is 7.58. The minimum atomic E-state index is -2.83. The molecule has 0 aromatic heterocycles. The molecule has 0 radical (unpaired) electrons. The predicted octanol–water partition coefficient (Wildman–Crippen LogP) is 3.22. The van der Waals surface area contributed by atoms with Crippen LogP contribution in [-0.2, 0) is 4.74 Å². The van der Waals surface area contributed by atoms with Crippen LogP contribution in [0, 0.1) is 0 Å². The van der Waals surface area contributed by atoms with E-state index in [2.05, 4.69) is 30.4 Å². The maximum absolute atomic E-state index is 12.3. The highest BCUT2D eigenvalue weighted by atomic mass is 19.3. The molecule has 1 fully saturated rings. The first-order chi connectivity index (χ1) is 10.5. The van der Waals surface area contributed by atoms with Gasteiger partial charge in [0.05, 0.1) is 12.6 Å². The molecule has 6 heteroatoms. The average molecular weight is 313 g/mol. The van der Waals surface area contributed by atoms with Gasteiger partial charge >= 0.3 is 6.61 Å². The monoisotopic (exact) mass is 313 g/mol. The number of hydrogen-bond donors (Lipinski definition) is 0. The number of ether oxygens (including phenoxy) is 3. The van der Waals surface area contributed by atoms with E-state index in [4.69, 9.17) is 9.47 Å². The van der Waals surface area contributed by atoms with Gasteiger partial charge in [-0.2, -0.15) is 8.78 Å². The topological polar surface area (TPSA) is 30.9 Å². The van der Waals surface area contributed by atoms with Crippen molar-refractivity contribution < 1.29 is 23.0 Å². The molecule has 3 atom stereocenters. The zero-order valence-electron chi connectivity index (χ0n) is 13.0. The summed E-state index contributed by atoms with van der Waals surface area (Å²) in [6.07, 6.45) is -0.0343. The second-order valence-electron chi connectivity index (χ2n) is 6.10. The van der Waals surface area contributed by atoms with Crippen molar-refractivity contribution in [1.29, 1.82) is 0 Å². The smallest absolute Gasteiger partial charge is 0.387 e. The van der Waals surface area contributed by atoms with E-state index in [1.165, 1.54) is 6.07 Å². The van der Waals surface area contributed by atoms with E-state index in [-0.39, 0.29) is 17.9 Å². The van der Waals surface area contributed by atoms with Crippen LogP contribution in [-0.4, -0.2) is 42.9 Å². The molecule has 1 saturated heterocycles. The largest absolute Gasteiger partial charge is 0.490 e. The lowest BCUT2D eigenvalue weighted by atomic mass is 9.92. The van der Waals surface area contributed by atoms with Gasteiger partial charge in [-0.3, -0.25) is 4.90 Å². The Morgan fingerprint density at radius 3 is 2.73 bits per heavy atom. The van der Waals surface area contributed by atoms with Crippen molar-refractivity contribution in [3.8, 4) is 11.5 Å². The van der Waals surface area contributed by atoms with Gasteiger partial charge < -0.3 is 14.2 Å². The third-order valence-electron chi connectivity index (χ3n) is 4.26. The van der Waals surface area contributed by atoms with Gasteiger partial charge in [-0.05, 0) is 32.9 Å². The minimum Gasteiger partial charge on any atom is -0.490 e. The fraction of sp³-hybridized carbons (Fsp3) is 0.625. The Bertz CT molecular complexity index is 538. The Balaban J connectivity index is 1.95. The summed E-state index contributed by atoms with van der Waals surface area (Å²) >= 11 is 0. The van der Waals surface area contributed by atoms with E-state index in [1.54, 1.807) is 12.1 Å². The van der Waals surface area contributed by atoms with Crippen LogP contribution in [0.5, 0.6) is 11.5 Å². The number of fused-ring (bicyclic) bond motifs is 3. The quantitative estimate of drug-likeness (QED) is 0.857. The average Bonchev–Trinajstić information content (AvgIpc) is 2.45. The van der Waals surface area contributed by atoms with E-state index in [0.29, 0.717) is 31.0 Å². The Morgan fingerprint density at radius 2 is 2.05 bits per heavy atom. The van der Waals surface area contributed by atoms with Crippen molar-refractivity contribution in [1.82, 2.24) is 4.90 Å². The molecule has 22 heavy (non-hydrogen) atoms. The summed E-state index contributed by atoms with van der Waals surface area (Å²) in [7, 11) is 0. The first kappa shape index (κ1) is 15.5. The molecular formula is C16H21F2NO3. The van der Waals surface area contributed by atoms with E-state index >= 15 is 0 Å². The first-order valence-electron chi connectivity index (χ1n) is 7.58. The summed E-state index contributed by atoms with van der Waals surface area (Å²) in [6, 6.07) is 5.64. The molecule has 2 heterocycles. The molecule has 122 valence electrons. The molecule has 4 nitrogen and oxygen atoms in total. The predicted molar refractivity (Wildman–Crippen MR) is 77.5 cm³/mol. The zero-order chi connectivity index (χ0) is 15.9. The standard InChI is InChI=1S/C16H21F2NO3/c1-9(2)19-10(3)7-20-14-8-21-13-6-11(22-16(17)18)4-5-12(13)15(14)19/h4-6,9-10,14-16H,7-8H2,1-3H3. The number of hydrogen-bond acceptors (Lipinski definition) is 4. The summed E-state index contributed by atoms with van der Waals surface area (Å²) in [5.74, 6) is 0.718. The van der Waals surface area contributed by atoms with Crippen molar-refractivity contribution >= 4 is 0 Å². The van der Waals surface area contributed by atoms with Crippen LogP contribution >= 0.6 is 0 Å². The normalized spacial score (nSPS) is 28.2. The molecule has 2 aliphatic rings. The van der Waals surface area contributed by atoms with Crippen LogP contribution in [0.15, 0.2) is 18.2 Å². The second kappa shape index (κ2) is 6.01. The van der Waals surface area contributed by atoms with Crippen LogP contribution in [0.25, 0.3) is 0 Å². The fourth-order valence-corrected chi connectivity index (χ4v) is 3.47. The molecule has 1 aromatic carbocycles. The molecule has 0 spiro atoms. The molecule has 0 aliphatic carbocycles. The Morgan fingerprint density at radius 1 is 1.27 bits per heavy atom. The van der Waals surface area contributed by atoms with Gasteiger partial charge in [0.1, 0.15) is 24.2 Å². The maximum Gasteiger partial charge on any atom is 0.387 e. The molecule has 0 saturated carbocycles. The molecule has 0 bridgehead atoms. The SMILES string of the molecule is CC(C)N1C(C)COC2COc3cc(OC(F)F)ccc3C21. The molecule has 3 rings (SSSR count). The van der Waals surface area contributed by atoms with E-state index in [9.17, 15) is 8.78 Å². The Labute approximate surface area is 129 Å². The summed E-state index contributed by atoms with van der Waals surface area (Å²) in [5, 5.41) is 0. The molecule has 1 aromatic rings. The third-order valence-corrected chi connectivity index (χ3v) is 4.26. The molecular weight excluding hydrogens is 292 g/mol. The number of nitrogens with zero attached hydrogens (tertiary/aromatic N) is 1. The number of rotatable bonds is 3. The van der Waals surface area contributed by atoms with Gasteiger partial charge in [0, 0.05) is 23.7 Å². The van der Waals surface area contributed by atoms with Crippen LogP contribution < -0.4 is 9.47 Å². The summed E-state index contributed by atoms with van der Waals surface area (Å²) < 4.78 is 40.8. The van der Waals surface area contributed by atoms with Gasteiger partial charge in [-0.15, -0.1) is 0 Å². The Kier molecular flexibility index (Phi) is 4.23. The summed E-state index contributed by atoms with van der Waals surface area (Å²) in [6.45, 7) is 4.71. The minimum absolute atomic E-state index is 0.0343. The van der Waals surface area contributed by atoms with Crippen molar-refractivity contribution in [2.45, 2.75) is 51.6 Å². The highest BCUT2D eigenvalue weighted by molar-refractivity contribution is 5.44. The lowest BCUT2D eigenvalue weighted by molar-refractivity contribution is -0.133. The van der Waals surface area contributed by atoms with Crippen molar-refractivity contribution in [3.63, 3.8) is 0 Å². The number of morpholine rings is 1. The van der Waals surface area contributed by atoms with Crippen LogP contribution in [0.2, 0.25) is 0 Å². The van der Waals surface area contributed by atoms with Gasteiger partial charge in [-0.1, -0.05) is 0 Å². The van der Waals surface area contributed by atoms with Crippen molar-refractivity contribution in [3.05, 3.63) is 23.8 Å². The van der Waals surface area contributed by atoms with E-state index in [1.807, 2.05) is 0 Å². The van der Waals surface area contributed by atoms with Gasteiger partial charge in [0.2, 0.25) is 0 Å². The lowest BCUT2D eigenvalue weighted by Gasteiger charge is -2.49. The summed E-state index contributed by atoms with van der Waals surface area (Å²) in [4.78, 5) is 2.41. The van der Waals surface area contributed by atoms with Crippen molar-refractivity contribution in [2.75, 3.05) is 13.2 Å². The summed E-state index contributed by atoms with van der Waals surface area (Å²) in [5.41, 5.74) is 0.970. The van der Waals surface area contributed by atoms with E-state index < -0.39 is 6.61 Å². The molecule has 0 N–H and O–H groups in total. The maximum atomic E-state index is 12.3. The van der Waals surface area contributed by atoms with Gasteiger partial charge in [0.15, 0.2) is 0 Å². The third kappa shape index (κ3) is 2.77. The van der Waals surface area contributed by atoms with Gasteiger partial charge in [0.25, 0.3) is 0 Å². The molecule has 2 aliphatic heterocycles. The van der Waals surface area contributed by atoms with Gasteiger partial charge in [-0.25, -0.2) is 0 Å².